The summed E-state index contributed by atoms with van der Waals surface area (Å²) in [4.78, 5) is 8.79. The van der Waals surface area contributed by atoms with Crippen LogP contribution in [0.2, 0.25) is 0 Å². The molecule has 0 unspecified atom stereocenters. The van der Waals surface area contributed by atoms with E-state index in [-0.39, 0.29) is 29.8 Å². The van der Waals surface area contributed by atoms with E-state index in [0.717, 1.165) is 43.6 Å². The first kappa shape index (κ1) is 22.7. The number of piperazine rings is 1. The molecule has 1 fully saturated rings. The highest BCUT2D eigenvalue weighted by Crippen LogP contribution is 2.28. The summed E-state index contributed by atoms with van der Waals surface area (Å²) < 4.78 is 19.5. The van der Waals surface area contributed by atoms with E-state index in [1.807, 2.05) is 24.3 Å². The maximum Gasteiger partial charge on any atom is 0.194 e. The van der Waals surface area contributed by atoms with Crippen LogP contribution >= 0.6 is 24.0 Å². The molecule has 0 radical (unpaired) electrons. The minimum Gasteiger partial charge on any atom is -0.495 e. The van der Waals surface area contributed by atoms with Crippen LogP contribution in [0.3, 0.4) is 0 Å². The SMILES string of the molecule is CN=C(NCc1ccc(C#N)cc1F)N1CCN(c2ccccc2OC)CC1.I. The van der Waals surface area contributed by atoms with E-state index in [1.54, 1.807) is 26.3 Å². The molecule has 0 saturated carbocycles. The zero-order chi connectivity index (χ0) is 19.9. The maximum atomic E-state index is 14.1. The van der Waals surface area contributed by atoms with Crippen molar-refractivity contribution in [2.75, 3.05) is 45.2 Å². The topological polar surface area (TPSA) is 63.9 Å². The number of rotatable bonds is 4. The van der Waals surface area contributed by atoms with Crippen LogP contribution in [0.1, 0.15) is 11.1 Å². The smallest absolute Gasteiger partial charge is 0.194 e. The zero-order valence-electron chi connectivity index (χ0n) is 16.6. The molecule has 1 aliphatic heterocycles. The first-order valence-corrected chi connectivity index (χ1v) is 9.18. The van der Waals surface area contributed by atoms with Gasteiger partial charge in [0.1, 0.15) is 11.6 Å². The molecule has 3 rings (SSSR count). The van der Waals surface area contributed by atoms with E-state index in [4.69, 9.17) is 10.00 Å². The summed E-state index contributed by atoms with van der Waals surface area (Å²) in [6, 6.07) is 14.5. The summed E-state index contributed by atoms with van der Waals surface area (Å²) in [7, 11) is 3.41. The van der Waals surface area contributed by atoms with E-state index < -0.39 is 0 Å². The number of guanidine groups is 1. The van der Waals surface area contributed by atoms with Crippen molar-refractivity contribution in [3.8, 4) is 11.8 Å². The van der Waals surface area contributed by atoms with Crippen molar-refractivity contribution in [3.63, 3.8) is 0 Å². The van der Waals surface area contributed by atoms with Gasteiger partial charge in [0.05, 0.1) is 24.4 Å². The Labute approximate surface area is 188 Å². The summed E-state index contributed by atoms with van der Waals surface area (Å²) in [5.74, 6) is 1.22. The number of benzene rings is 2. The highest BCUT2D eigenvalue weighted by molar-refractivity contribution is 14.0. The molecule has 154 valence electrons. The normalized spacial score (nSPS) is 14.1. The minimum atomic E-state index is -0.386. The third-order valence-electron chi connectivity index (χ3n) is 4.84. The molecule has 0 bridgehead atoms. The van der Waals surface area contributed by atoms with Crippen molar-refractivity contribution in [3.05, 3.63) is 59.4 Å². The van der Waals surface area contributed by atoms with E-state index in [9.17, 15) is 4.39 Å². The molecule has 0 aliphatic carbocycles. The molecular weight excluding hydrogens is 484 g/mol. The molecule has 6 nitrogen and oxygen atoms in total. The van der Waals surface area contributed by atoms with Crippen molar-refractivity contribution in [2.45, 2.75) is 6.54 Å². The van der Waals surface area contributed by atoms with Crippen LogP contribution in [0.4, 0.5) is 10.1 Å². The lowest BCUT2D eigenvalue weighted by Gasteiger charge is -2.38. The predicted octanol–water partition coefficient (Wildman–Crippen LogP) is 3.22. The predicted molar refractivity (Wildman–Crippen MR) is 124 cm³/mol. The largest absolute Gasteiger partial charge is 0.495 e. The number of hydrogen-bond acceptors (Lipinski definition) is 4. The van der Waals surface area contributed by atoms with E-state index >= 15 is 0 Å². The maximum absolute atomic E-state index is 14.1. The number of methoxy groups -OCH3 is 1. The Bertz CT molecular complexity index is 891. The zero-order valence-corrected chi connectivity index (χ0v) is 18.9. The lowest BCUT2D eigenvalue weighted by molar-refractivity contribution is 0.366. The van der Waals surface area contributed by atoms with Gasteiger partial charge in [0.25, 0.3) is 0 Å². The monoisotopic (exact) mass is 509 g/mol. The molecule has 0 spiro atoms. The third kappa shape index (κ3) is 5.50. The number of para-hydroxylation sites is 2. The molecule has 29 heavy (non-hydrogen) atoms. The Balaban J connectivity index is 0.00000300. The van der Waals surface area contributed by atoms with Crippen molar-refractivity contribution in [1.29, 1.82) is 5.26 Å². The van der Waals surface area contributed by atoms with Crippen molar-refractivity contribution >= 4 is 35.6 Å². The first-order valence-electron chi connectivity index (χ1n) is 9.18. The molecule has 1 aliphatic rings. The fraction of sp³-hybridized carbons (Fsp3) is 0.333. The number of nitrogens with zero attached hydrogens (tertiary/aromatic N) is 4. The molecule has 0 atom stereocenters. The number of ether oxygens (including phenoxy) is 1. The summed E-state index contributed by atoms with van der Waals surface area (Å²) in [5, 5.41) is 12.1. The number of halogens is 2. The van der Waals surface area contributed by atoms with Crippen molar-refractivity contribution in [2.24, 2.45) is 4.99 Å². The second-order valence-corrected chi connectivity index (χ2v) is 6.46. The summed E-state index contributed by atoms with van der Waals surface area (Å²) in [6.45, 7) is 3.59. The second kappa shape index (κ2) is 10.9. The van der Waals surface area contributed by atoms with Crippen LogP contribution in [-0.4, -0.2) is 51.2 Å². The molecule has 1 saturated heterocycles. The van der Waals surface area contributed by atoms with E-state index in [1.165, 1.54) is 6.07 Å². The Morgan fingerprint density at radius 3 is 2.55 bits per heavy atom. The number of nitriles is 1. The number of nitrogens with one attached hydrogen (secondary N) is 1. The van der Waals surface area contributed by atoms with Gasteiger partial charge in [-0.2, -0.15) is 5.26 Å². The van der Waals surface area contributed by atoms with Gasteiger partial charge in [0.15, 0.2) is 5.96 Å². The number of anilines is 1. The average molecular weight is 509 g/mol. The Hall–Kier alpha value is -2.54. The van der Waals surface area contributed by atoms with Gasteiger partial charge < -0.3 is 19.9 Å². The van der Waals surface area contributed by atoms with Crippen LogP contribution in [0, 0.1) is 17.1 Å². The van der Waals surface area contributed by atoms with Gasteiger partial charge in [-0.25, -0.2) is 4.39 Å². The van der Waals surface area contributed by atoms with Gasteiger partial charge in [0.2, 0.25) is 0 Å². The van der Waals surface area contributed by atoms with E-state index in [0.29, 0.717) is 17.7 Å². The van der Waals surface area contributed by atoms with Gasteiger partial charge in [-0.1, -0.05) is 18.2 Å². The Morgan fingerprint density at radius 2 is 1.93 bits per heavy atom. The van der Waals surface area contributed by atoms with E-state index in [2.05, 4.69) is 26.2 Å². The van der Waals surface area contributed by atoms with Gasteiger partial charge >= 0.3 is 0 Å². The standard InChI is InChI=1S/C21H24FN5O.HI/c1-24-21(25-15-17-8-7-16(14-23)13-18(17)22)27-11-9-26(10-12-27)19-5-3-4-6-20(19)28-2;/h3-8,13H,9-12,15H2,1-2H3,(H,24,25);1H. The first-order chi connectivity index (χ1) is 13.7. The van der Waals surface area contributed by atoms with Crippen molar-refractivity contribution in [1.82, 2.24) is 10.2 Å². The van der Waals surface area contributed by atoms with Crippen LogP contribution in [-0.2, 0) is 6.54 Å². The fourth-order valence-corrected chi connectivity index (χ4v) is 3.32. The van der Waals surface area contributed by atoms with Crippen LogP contribution in [0.5, 0.6) is 5.75 Å². The molecule has 2 aromatic carbocycles. The minimum absolute atomic E-state index is 0. The number of aliphatic imine (C=N–C) groups is 1. The quantitative estimate of drug-likeness (QED) is 0.390. The second-order valence-electron chi connectivity index (χ2n) is 6.46. The molecule has 1 heterocycles. The summed E-state index contributed by atoms with van der Waals surface area (Å²) >= 11 is 0. The van der Waals surface area contributed by atoms with Gasteiger partial charge in [-0.05, 0) is 24.3 Å². The molecule has 1 N–H and O–H groups in total. The lowest BCUT2D eigenvalue weighted by atomic mass is 10.1. The Morgan fingerprint density at radius 1 is 1.21 bits per heavy atom. The van der Waals surface area contributed by atoms with Crippen LogP contribution < -0.4 is 15.0 Å². The van der Waals surface area contributed by atoms with Gasteiger partial charge in [0, 0.05) is 45.3 Å². The summed E-state index contributed by atoms with van der Waals surface area (Å²) in [6.07, 6.45) is 0. The van der Waals surface area contributed by atoms with Gasteiger partial charge in [-0.3, -0.25) is 4.99 Å². The number of hydrogen-bond donors (Lipinski definition) is 1. The molecule has 0 amide bonds. The molecule has 2 aromatic rings. The Kier molecular flexibility index (Phi) is 8.51. The van der Waals surface area contributed by atoms with Gasteiger partial charge in [-0.15, -0.1) is 24.0 Å². The van der Waals surface area contributed by atoms with Crippen LogP contribution in [0.15, 0.2) is 47.5 Å². The highest BCUT2D eigenvalue weighted by Gasteiger charge is 2.21. The van der Waals surface area contributed by atoms with Crippen molar-refractivity contribution < 1.29 is 9.13 Å². The summed E-state index contributed by atoms with van der Waals surface area (Å²) in [5.41, 5.74) is 1.91. The molecular formula is C21H25FIN5O. The average Bonchev–Trinajstić information content (AvgIpc) is 2.75. The molecule has 8 heteroatoms. The highest BCUT2D eigenvalue weighted by atomic mass is 127. The van der Waals surface area contributed by atoms with Crippen LogP contribution in [0.25, 0.3) is 0 Å². The lowest BCUT2D eigenvalue weighted by Crippen LogP contribution is -2.52. The fourth-order valence-electron chi connectivity index (χ4n) is 3.32. The third-order valence-corrected chi connectivity index (χ3v) is 4.84. The molecule has 0 aromatic heterocycles.